The second-order valence-electron chi connectivity index (χ2n) is 6.65. The summed E-state index contributed by atoms with van der Waals surface area (Å²) in [6.07, 6.45) is 0.827. The smallest absolute Gasteiger partial charge is 0.324 e. The normalized spacial score (nSPS) is 20.1. The van der Waals surface area contributed by atoms with Crippen LogP contribution in [0.3, 0.4) is 0 Å². The molecule has 3 rings (SSSR count). The van der Waals surface area contributed by atoms with Crippen molar-refractivity contribution in [1.82, 2.24) is 0 Å². The van der Waals surface area contributed by atoms with Crippen LogP contribution in [0.1, 0.15) is 17.5 Å². The lowest BCUT2D eigenvalue weighted by Gasteiger charge is -2.25. The van der Waals surface area contributed by atoms with Crippen LogP contribution < -0.4 is 0 Å². The summed E-state index contributed by atoms with van der Waals surface area (Å²) in [5.41, 5.74) is 0.546. The molecule has 1 aliphatic rings. The number of ether oxygens (including phenoxy) is 2. The van der Waals surface area contributed by atoms with Crippen LogP contribution in [0, 0.1) is 10.8 Å². The van der Waals surface area contributed by atoms with E-state index < -0.39 is 22.8 Å². The van der Waals surface area contributed by atoms with Gasteiger partial charge in [0, 0.05) is 5.41 Å². The summed E-state index contributed by atoms with van der Waals surface area (Å²) in [6.45, 7) is 4.27. The van der Waals surface area contributed by atoms with E-state index in [9.17, 15) is 9.59 Å². The Kier molecular flexibility index (Phi) is 4.68. The molecule has 0 spiro atoms. The summed E-state index contributed by atoms with van der Waals surface area (Å²) >= 11 is 0. The van der Waals surface area contributed by atoms with Crippen LogP contribution in [-0.2, 0) is 25.5 Å². The van der Waals surface area contributed by atoms with Crippen LogP contribution in [0.25, 0.3) is 5.57 Å². The van der Waals surface area contributed by atoms with Gasteiger partial charge < -0.3 is 9.47 Å². The standard InChI is InChI=1S/C22H22O4/c1-16(18-12-8-5-9-13-18)21(14-17-10-6-4-7-11-17)15-22(21,19(23)25-2)20(24)26-3/h4-13H,1,14-15H2,2-3H3. The highest BCUT2D eigenvalue weighted by Gasteiger charge is 2.79. The van der Waals surface area contributed by atoms with E-state index in [0.717, 1.165) is 16.7 Å². The summed E-state index contributed by atoms with van der Waals surface area (Å²) in [7, 11) is 2.59. The van der Waals surface area contributed by atoms with E-state index >= 15 is 0 Å². The number of allylic oxidation sites excluding steroid dienone is 1. The number of carbonyl (C=O) groups excluding carboxylic acids is 2. The average molecular weight is 350 g/mol. The van der Waals surface area contributed by atoms with Crippen LogP contribution in [0.15, 0.2) is 67.2 Å². The maximum atomic E-state index is 12.7. The van der Waals surface area contributed by atoms with Gasteiger partial charge in [0.05, 0.1) is 14.2 Å². The zero-order valence-electron chi connectivity index (χ0n) is 15.0. The van der Waals surface area contributed by atoms with Gasteiger partial charge in [0.25, 0.3) is 0 Å². The highest BCUT2D eigenvalue weighted by atomic mass is 16.5. The summed E-state index contributed by atoms with van der Waals surface area (Å²) in [5, 5.41) is 0. The number of hydrogen-bond donors (Lipinski definition) is 0. The van der Waals surface area contributed by atoms with Crippen LogP contribution in [0.5, 0.6) is 0 Å². The molecule has 0 amide bonds. The van der Waals surface area contributed by atoms with Crippen molar-refractivity contribution in [3.8, 4) is 0 Å². The molecule has 1 saturated carbocycles. The van der Waals surface area contributed by atoms with Crippen molar-refractivity contribution in [1.29, 1.82) is 0 Å². The minimum absolute atomic E-state index is 0.321. The van der Waals surface area contributed by atoms with Crippen molar-refractivity contribution in [2.45, 2.75) is 12.8 Å². The van der Waals surface area contributed by atoms with E-state index in [1.165, 1.54) is 14.2 Å². The first-order chi connectivity index (χ1) is 12.5. The predicted octanol–water partition coefficient (Wildman–Crippen LogP) is 3.67. The van der Waals surface area contributed by atoms with Crippen LogP contribution in [-0.4, -0.2) is 26.2 Å². The molecule has 0 saturated heterocycles. The number of carbonyl (C=O) groups is 2. The third-order valence-corrected chi connectivity index (χ3v) is 5.38. The van der Waals surface area contributed by atoms with Crippen LogP contribution in [0.4, 0.5) is 0 Å². The van der Waals surface area contributed by atoms with Crippen molar-refractivity contribution < 1.29 is 19.1 Å². The average Bonchev–Trinajstić information content (AvgIpc) is 3.38. The molecule has 0 radical (unpaired) electrons. The molecule has 0 heterocycles. The minimum Gasteiger partial charge on any atom is -0.468 e. The lowest BCUT2D eigenvalue weighted by molar-refractivity contribution is -0.162. The molecule has 0 aromatic heterocycles. The first-order valence-electron chi connectivity index (χ1n) is 8.47. The largest absolute Gasteiger partial charge is 0.468 e. The fourth-order valence-electron chi connectivity index (χ4n) is 3.92. The van der Waals surface area contributed by atoms with Crippen molar-refractivity contribution in [3.63, 3.8) is 0 Å². The van der Waals surface area contributed by atoms with E-state index in [0.29, 0.717) is 12.8 Å². The number of rotatable bonds is 6. The lowest BCUT2D eigenvalue weighted by Crippen LogP contribution is -2.35. The Morgan fingerprint density at radius 2 is 1.42 bits per heavy atom. The molecule has 0 aliphatic heterocycles. The second kappa shape index (κ2) is 6.79. The zero-order chi connectivity index (χ0) is 18.8. The van der Waals surface area contributed by atoms with E-state index in [-0.39, 0.29) is 0 Å². The van der Waals surface area contributed by atoms with E-state index in [1.54, 1.807) is 0 Å². The molecule has 1 atom stereocenters. The topological polar surface area (TPSA) is 52.6 Å². The van der Waals surface area contributed by atoms with Crippen molar-refractivity contribution in [3.05, 3.63) is 78.4 Å². The monoisotopic (exact) mass is 350 g/mol. The Bertz CT molecular complexity index is 810. The molecule has 0 bridgehead atoms. The molecule has 26 heavy (non-hydrogen) atoms. The fraction of sp³-hybridized carbons (Fsp3) is 0.273. The Hall–Kier alpha value is -2.88. The Morgan fingerprint density at radius 3 is 1.92 bits per heavy atom. The maximum Gasteiger partial charge on any atom is 0.324 e. The number of methoxy groups -OCH3 is 2. The Morgan fingerprint density at radius 1 is 0.923 bits per heavy atom. The molecule has 134 valence electrons. The number of esters is 2. The van der Waals surface area contributed by atoms with Gasteiger partial charge in [-0.2, -0.15) is 0 Å². The van der Waals surface area contributed by atoms with Gasteiger partial charge in [0.15, 0.2) is 5.41 Å². The highest BCUT2D eigenvalue weighted by molar-refractivity contribution is 6.08. The molecule has 0 N–H and O–H groups in total. The molecular weight excluding hydrogens is 328 g/mol. The quantitative estimate of drug-likeness (QED) is 0.589. The minimum atomic E-state index is -1.36. The summed E-state index contributed by atoms with van der Waals surface area (Å²) in [6, 6.07) is 19.4. The predicted molar refractivity (Wildman–Crippen MR) is 99.1 cm³/mol. The molecule has 1 unspecified atom stereocenters. The number of hydrogen-bond acceptors (Lipinski definition) is 4. The van der Waals surface area contributed by atoms with Crippen LogP contribution in [0.2, 0.25) is 0 Å². The summed E-state index contributed by atoms with van der Waals surface area (Å²) in [4.78, 5) is 25.3. The molecule has 2 aromatic carbocycles. The van der Waals surface area contributed by atoms with Gasteiger partial charge >= 0.3 is 11.9 Å². The third-order valence-electron chi connectivity index (χ3n) is 5.38. The van der Waals surface area contributed by atoms with E-state index in [1.807, 2.05) is 60.7 Å². The SMILES string of the molecule is C=C(c1ccccc1)C1(Cc2ccccc2)CC1(C(=O)OC)C(=O)OC. The van der Waals surface area contributed by atoms with Gasteiger partial charge in [-0.3, -0.25) is 9.59 Å². The molecule has 1 aliphatic carbocycles. The van der Waals surface area contributed by atoms with Gasteiger partial charge in [-0.15, -0.1) is 0 Å². The lowest BCUT2D eigenvalue weighted by atomic mass is 9.78. The Labute approximate surface area is 153 Å². The first kappa shape index (κ1) is 17.9. The summed E-state index contributed by atoms with van der Waals surface area (Å²) < 4.78 is 10.00. The van der Waals surface area contributed by atoms with Gasteiger partial charge in [-0.1, -0.05) is 67.2 Å². The molecule has 4 heteroatoms. The molecular formula is C22H22O4. The van der Waals surface area contributed by atoms with Crippen molar-refractivity contribution >= 4 is 17.5 Å². The van der Waals surface area contributed by atoms with Crippen molar-refractivity contribution in [2.75, 3.05) is 14.2 Å². The van der Waals surface area contributed by atoms with Gasteiger partial charge in [0.1, 0.15) is 0 Å². The van der Waals surface area contributed by atoms with Crippen LogP contribution >= 0.6 is 0 Å². The third kappa shape index (κ3) is 2.62. The van der Waals surface area contributed by atoms with Crippen molar-refractivity contribution in [2.24, 2.45) is 10.8 Å². The van der Waals surface area contributed by atoms with E-state index in [2.05, 4.69) is 6.58 Å². The molecule has 2 aromatic rings. The summed E-state index contributed by atoms with van der Waals surface area (Å²) in [5.74, 6) is -1.14. The Balaban J connectivity index is 2.10. The fourth-order valence-corrected chi connectivity index (χ4v) is 3.92. The van der Waals surface area contributed by atoms with Gasteiger partial charge in [-0.25, -0.2) is 0 Å². The van der Waals surface area contributed by atoms with E-state index in [4.69, 9.17) is 9.47 Å². The second-order valence-corrected chi connectivity index (χ2v) is 6.65. The number of benzene rings is 2. The highest BCUT2D eigenvalue weighted by Crippen LogP contribution is 2.72. The molecule has 1 fully saturated rings. The zero-order valence-corrected chi connectivity index (χ0v) is 15.0. The molecule has 4 nitrogen and oxygen atoms in total. The first-order valence-corrected chi connectivity index (χ1v) is 8.47. The maximum absolute atomic E-state index is 12.7. The van der Waals surface area contributed by atoms with Gasteiger partial charge in [0.2, 0.25) is 0 Å². The van der Waals surface area contributed by atoms with Gasteiger partial charge in [-0.05, 0) is 29.5 Å².